The third-order valence-electron chi connectivity index (χ3n) is 4.43. The van der Waals surface area contributed by atoms with Crippen molar-refractivity contribution in [3.63, 3.8) is 0 Å². The number of hydrogen-bond acceptors (Lipinski definition) is 4. The zero-order valence-electron chi connectivity index (χ0n) is 15.2. The van der Waals surface area contributed by atoms with Crippen molar-refractivity contribution in [2.24, 2.45) is 5.92 Å². The Hall–Kier alpha value is -2.14. The van der Waals surface area contributed by atoms with Crippen LogP contribution in [-0.2, 0) is 4.79 Å². The molecule has 1 atom stereocenters. The molecule has 1 heterocycles. The lowest BCUT2D eigenvalue weighted by Crippen LogP contribution is -2.38. The maximum absolute atomic E-state index is 12.6. The topological polar surface area (TPSA) is 49.6 Å². The molecule has 0 aliphatic carbocycles. The number of carbonyl (C=O) groups excluding carboxylic acids is 1. The largest absolute Gasteiger partial charge is 0.338 e. The Morgan fingerprint density at radius 1 is 1.25 bits per heavy atom. The second-order valence-electron chi connectivity index (χ2n) is 6.15. The lowest BCUT2D eigenvalue weighted by atomic mass is 10.1. The molecule has 0 saturated heterocycles. The third kappa shape index (κ3) is 4.03. The number of anilines is 1. The molecule has 0 N–H and O–H groups in total. The predicted molar refractivity (Wildman–Crippen MR) is 97.0 cm³/mol. The van der Waals surface area contributed by atoms with E-state index in [4.69, 9.17) is 4.52 Å². The number of aryl methyl sites for hydroxylation is 1. The van der Waals surface area contributed by atoms with Crippen molar-refractivity contribution >= 4 is 11.8 Å². The summed E-state index contributed by atoms with van der Waals surface area (Å²) in [5, 5.41) is 4.12. The first-order valence-electron chi connectivity index (χ1n) is 8.50. The minimum Gasteiger partial charge on any atom is -0.338 e. The minimum atomic E-state index is -0.0955. The van der Waals surface area contributed by atoms with Crippen LogP contribution < -0.4 is 4.90 Å². The van der Waals surface area contributed by atoms with Crippen LogP contribution >= 0.6 is 0 Å². The summed E-state index contributed by atoms with van der Waals surface area (Å²) in [5.41, 5.74) is 2.89. The predicted octanol–water partition coefficient (Wildman–Crippen LogP) is 3.59. The Morgan fingerprint density at radius 2 is 1.92 bits per heavy atom. The molecule has 0 spiro atoms. The van der Waals surface area contributed by atoms with Gasteiger partial charge in [0.05, 0.1) is 0 Å². The van der Waals surface area contributed by atoms with Gasteiger partial charge in [-0.3, -0.25) is 9.69 Å². The summed E-state index contributed by atoms with van der Waals surface area (Å²) in [6, 6.07) is 9.82. The molecule has 130 valence electrons. The van der Waals surface area contributed by atoms with Gasteiger partial charge >= 0.3 is 0 Å². The molecule has 0 fully saturated rings. The highest BCUT2D eigenvalue weighted by Gasteiger charge is 2.23. The average Bonchev–Trinajstić information content (AvgIpc) is 3.08. The number of amides is 1. The fraction of sp³-hybridized carbons (Fsp3) is 0.474. The Morgan fingerprint density at radius 3 is 2.54 bits per heavy atom. The number of benzene rings is 1. The van der Waals surface area contributed by atoms with Gasteiger partial charge in [-0.15, -0.1) is 0 Å². The monoisotopic (exact) mass is 329 g/mol. The fourth-order valence-electron chi connectivity index (χ4n) is 2.80. The van der Waals surface area contributed by atoms with Crippen LogP contribution in [0.25, 0.3) is 11.3 Å². The van der Waals surface area contributed by atoms with E-state index in [0.29, 0.717) is 5.88 Å². The molecule has 0 bridgehead atoms. The first-order chi connectivity index (χ1) is 11.5. The second kappa shape index (κ2) is 8.11. The van der Waals surface area contributed by atoms with Crippen LogP contribution in [-0.4, -0.2) is 42.6 Å². The number of hydrogen-bond donors (Lipinski definition) is 0. The van der Waals surface area contributed by atoms with Crippen LogP contribution in [0.15, 0.2) is 34.9 Å². The van der Waals surface area contributed by atoms with E-state index in [1.54, 1.807) is 11.9 Å². The van der Waals surface area contributed by atoms with E-state index in [0.717, 1.165) is 36.5 Å². The molecule has 2 rings (SSSR count). The number of nitrogens with zero attached hydrogens (tertiary/aromatic N) is 3. The average molecular weight is 329 g/mol. The van der Waals surface area contributed by atoms with Crippen LogP contribution in [0.4, 0.5) is 5.88 Å². The Balaban J connectivity index is 2.11. The molecule has 1 aromatic heterocycles. The Labute approximate surface area is 144 Å². The van der Waals surface area contributed by atoms with Crippen LogP contribution in [0.1, 0.15) is 26.3 Å². The number of aromatic nitrogens is 1. The smallest absolute Gasteiger partial charge is 0.234 e. The van der Waals surface area contributed by atoms with Gasteiger partial charge in [-0.2, -0.15) is 0 Å². The van der Waals surface area contributed by atoms with E-state index in [9.17, 15) is 4.79 Å². The molecule has 0 aliphatic rings. The van der Waals surface area contributed by atoms with Gasteiger partial charge in [-0.05, 0) is 25.6 Å². The Kier molecular flexibility index (Phi) is 6.15. The second-order valence-corrected chi connectivity index (χ2v) is 6.15. The zero-order valence-corrected chi connectivity index (χ0v) is 15.2. The molecule has 0 aliphatic heterocycles. The first-order valence-corrected chi connectivity index (χ1v) is 8.50. The molecule has 5 nitrogen and oxygen atoms in total. The van der Waals surface area contributed by atoms with Gasteiger partial charge in [-0.1, -0.05) is 50.2 Å². The highest BCUT2D eigenvalue weighted by atomic mass is 16.5. The van der Waals surface area contributed by atoms with E-state index in [1.807, 2.05) is 44.2 Å². The van der Waals surface area contributed by atoms with Gasteiger partial charge in [-0.25, -0.2) is 0 Å². The molecular formula is C19H27N3O2. The van der Waals surface area contributed by atoms with Crippen LogP contribution in [0, 0.1) is 12.8 Å². The SMILES string of the molecule is CCN(CC)CC(C)C(=O)N(C)c1cc(-c2ccccc2C)no1. The normalized spacial score (nSPS) is 12.4. The maximum atomic E-state index is 12.6. The van der Waals surface area contributed by atoms with Crippen LogP contribution in [0.5, 0.6) is 0 Å². The van der Waals surface area contributed by atoms with Gasteiger partial charge in [0.2, 0.25) is 11.8 Å². The van der Waals surface area contributed by atoms with Crippen LogP contribution in [0.3, 0.4) is 0 Å². The van der Waals surface area contributed by atoms with E-state index >= 15 is 0 Å². The molecule has 2 aromatic rings. The van der Waals surface area contributed by atoms with E-state index < -0.39 is 0 Å². The van der Waals surface area contributed by atoms with Crippen molar-refractivity contribution < 1.29 is 9.32 Å². The molecule has 0 saturated carbocycles. The molecule has 1 aromatic carbocycles. The maximum Gasteiger partial charge on any atom is 0.234 e. The van der Waals surface area contributed by atoms with Crippen molar-refractivity contribution in [2.75, 3.05) is 31.6 Å². The van der Waals surface area contributed by atoms with Gasteiger partial charge < -0.3 is 9.42 Å². The molecule has 0 radical (unpaired) electrons. The van der Waals surface area contributed by atoms with Crippen molar-refractivity contribution in [2.45, 2.75) is 27.7 Å². The highest BCUT2D eigenvalue weighted by Crippen LogP contribution is 2.26. The lowest BCUT2D eigenvalue weighted by Gasteiger charge is -2.24. The number of rotatable bonds is 7. The quantitative estimate of drug-likeness (QED) is 0.779. The zero-order chi connectivity index (χ0) is 17.7. The van der Waals surface area contributed by atoms with E-state index in [-0.39, 0.29) is 11.8 Å². The fourth-order valence-corrected chi connectivity index (χ4v) is 2.80. The molecular weight excluding hydrogens is 302 g/mol. The minimum absolute atomic E-state index is 0.0365. The summed E-state index contributed by atoms with van der Waals surface area (Å²) in [4.78, 5) is 16.4. The summed E-state index contributed by atoms with van der Waals surface area (Å²) < 4.78 is 5.41. The van der Waals surface area contributed by atoms with Gasteiger partial charge in [0, 0.05) is 31.1 Å². The third-order valence-corrected chi connectivity index (χ3v) is 4.43. The highest BCUT2D eigenvalue weighted by molar-refractivity contribution is 5.93. The van der Waals surface area contributed by atoms with Crippen molar-refractivity contribution in [1.29, 1.82) is 0 Å². The van der Waals surface area contributed by atoms with Crippen molar-refractivity contribution in [3.05, 3.63) is 35.9 Å². The van der Waals surface area contributed by atoms with Crippen molar-refractivity contribution in [3.8, 4) is 11.3 Å². The van der Waals surface area contributed by atoms with Crippen LogP contribution in [0.2, 0.25) is 0 Å². The van der Waals surface area contributed by atoms with Gasteiger partial charge in [0.15, 0.2) is 0 Å². The summed E-state index contributed by atoms with van der Waals surface area (Å²) in [7, 11) is 1.74. The van der Waals surface area contributed by atoms with Gasteiger partial charge in [0.25, 0.3) is 0 Å². The molecule has 1 unspecified atom stereocenters. The Bertz CT molecular complexity index is 677. The summed E-state index contributed by atoms with van der Waals surface area (Å²) in [6.07, 6.45) is 0. The van der Waals surface area contributed by atoms with Gasteiger partial charge in [0.1, 0.15) is 5.69 Å². The summed E-state index contributed by atoms with van der Waals surface area (Å²) in [6.45, 7) is 10.8. The first kappa shape index (κ1) is 18.2. The molecule has 24 heavy (non-hydrogen) atoms. The molecule has 5 heteroatoms. The lowest BCUT2D eigenvalue weighted by molar-refractivity contribution is -0.122. The van der Waals surface area contributed by atoms with E-state index in [2.05, 4.69) is 23.9 Å². The summed E-state index contributed by atoms with van der Waals surface area (Å²) in [5.74, 6) is 0.418. The standard InChI is InChI=1S/C19H27N3O2/c1-6-22(7-2)13-15(4)19(23)21(5)18-12-17(20-24-18)16-11-9-8-10-14(16)3/h8-12,15H,6-7,13H2,1-5H3. The molecule has 1 amide bonds. The number of carbonyl (C=O) groups is 1. The summed E-state index contributed by atoms with van der Waals surface area (Å²) >= 11 is 0. The van der Waals surface area contributed by atoms with E-state index in [1.165, 1.54) is 0 Å². The van der Waals surface area contributed by atoms with Crippen molar-refractivity contribution in [1.82, 2.24) is 10.1 Å².